The van der Waals surface area contributed by atoms with Gasteiger partial charge in [0.25, 0.3) is 5.91 Å². The Bertz CT molecular complexity index is 808. The number of aryl methyl sites for hydroxylation is 2. The van der Waals surface area contributed by atoms with Gasteiger partial charge in [0.15, 0.2) is 0 Å². The van der Waals surface area contributed by atoms with Gasteiger partial charge in [0, 0.05) is 29.6 Å². The first-order valence-electron chi connectivity index (χ1n) is 8.61. The number of ether oxygens (including phenoxy) is 1. The van der Waals surface area contributed by atoms with Crippen LogP contribution in [0.25, 0.3) is 0 Å². The fourth-order valence-electron chi connectivity index (χ4n) is 3.18. The minimum Gasteiger partial charge on any atom is -0.489 e. The Kier molecular flexibility index (Phi) is 5.16. The van der Waals surface area contributed by atoms with Crippen molar-refractivity contribution in [1.82, 2.24) is 15.3 Å². The molecule has 1 saturated carbocycles. The van der Waals surface area contributed by atoms with Crippen molar-refractivity contribution in [2.45, 2.75) is 51.7 Å². The highest BCUT2D eigenvalue weighted by Gasteiger charge is 2.24. The molecule has 2 aromatic heterocycles. The largest absolute Gasteiger partial charge is 0.489 e. The summed E-state index contributed by atoms with van der Waals surface area (Å²) in [6.07, 6.45) is 5.39. The highest BCUT2D eigenvalue weighted by Crippen LogP contribution is 2.25. The molecule has 1 aliphatic carbocycles. The van der Waals surface area contributed by atoms with Gasteiger partial charge in [-0.3, -0.25) is 14.6 Å². The van der Waals surface area contributed by atoms with Crippen molar-refractivity contribution in [3.05, 3.63) is 57.8 Å². The monoisotopic (exact) mass is 341 g/mol. The average Bonchev–Trinajstić information content (AvgIpc) is 2.58. The van der Waals surface area contributed by atoms with Crippen molar-refractivity contribution in [3.8, 4) is 5.75 Å². The molecule has 2 aromatic rings. The molecular weight excluding hydrogens is 318 g/mol. The lowest BCUT2D eigenvalue weighted by Gasteiger charge is -2.29. The first-order valence-corrected chi connectivity index (χ1v) is 8.61. The topological polar surface area (TPSA) is 84.1 Å². The number of nitrogens with zero attached hydrogens (tertiary/aromatic N) is 1. The zero-order valence-corrected chi connectivity index (χ0v) is 14.5. The van der Waals surface area contributed by atoms with Gasteiger partial charge in [-0.2, -0.15) is 0 Å². The molecule has 132 valence electrons. The normalized spacial score (nSPS) is 20.1. The van der Waals surface area contributed by atoms with Gasteiger partial charge in [-0.15, -0.1) is 0 Å². The summed E-state index contributed by atoms with van der Waals surface area (Å²) < 4.78 is 6.03. The van der Waals surface area contributed by atoms with Crippen molar-refractivity contribution in [2.75, 3.05) is 0 Å². The van der Waals surface area contributed by atoms with Gasteiger partial charge in [0.1, 0.15) is 5.75 Å². The van der Waals surface area contributed by atoms with Gasteiger partial charge < -0.3 is 15.0 Å². The van der Waals surface area contributed by atoms with E-state index in [9.17, 15) is 9.59 Å². The number of nitrogens with one attached hydrogen (secondary N) is 2. The molecule has 6 heteroatoms. The summed E-state index contributed by atoms with van der Waals surface area (Å²) in [5.74, 6) is 0.635. The Morgan fingerprint density at radius 2 is 2.00 bits per heavy atom. The molecule has 3 rings (SSSR count). The molecule has 6 nitrogen and oxygen atoms in total. The number of rotatable bonds is 4. The number of H-pyrrole nitrogens is 1. The molecule has 0 aromatic carbocycles. The number of carbonyl (C=O) groups is 1. The molecule has 2 heterocycles. The van der Waals surface area contributed by atoms with Crippen molar-refractivity contribution in [1.29, 1.82) is 0 Å². The van der Waals surface area contributed by atoms with Crippen LogP contribution in [0.4, 0.5) is 0 Å². The van der Waals surface area contributed by atoms with Crippen LogP contribution in [-0.2, 0) is 0 Å². The van der Waals surface area contributed by atoms with Crippen molar-refractivity contribution in [2.24, 2.45) is 0 Å². The maximum absolute atomic E-state index is 12.3. The molecule has 0 bridgehead atoms. The van der Waals surface area contributed by atoms with E-state index in [1.54, 1.807) is 19.2 Å². The fourth-order valence-corrected chi connectivity index (χ4v) is 3.18. The maximum Gasteiger partial charge on any atom is 0.251 e. The van der Waals surface area contributed by atoms with E-state index in [-0.39, 0.29) is 23.6 Å². The zero-order chi connectivity index (χ0) is 17.8. The number of carbonyl (C=O) groups excluding carboxylic acids is 1. The molecule has 2 N–H and O–H groups in total. The first kappa shape index (κ1) is 17.2. The van der Waals surface area contributed by atoms with Crippen LogP contribution in [0.1, 0.15) is 47.4 Å². The Morgan fingerprint density at radius 1 is 1.24 bits per heavy atom. The lowest BCUT2D eigenvalue weighted by atomic mass is 9.92. The molecule has 0 unspecified atom stereocenters. The molecule has 0 atom stereocenters. The molecule has 1 amide bonds. The van der Waals surface area contributed by atoms with Crippen LogP contribution in [0.3, 0.4) is 0 Å². The van der Waals surface area contributed by atoms with Crippen molar-refractivity contribution < 1.29 is 9.53 Å². The third-order valence-electron chi connectivity index (χ3n) is 4.50. The van der Waals surface area contributed by atoms with E-state index in [0.717, 1.165) is 37.1 Å². The smallest absolute Gasteiger partial charge is 0.251 e. The standard InChI is InChI=1S/C19H23N3O3/c1-12-10-14(11-18(23)21-12)19(24)22-15-5-7-16(8-6-15)25-17-4-3-9-20-13(17)2/h3-4,9-11,15-16H,5-8H2,1-2H3,(H,21,23)(H,22,24). The van der Waals surface area contributed by atoms with Crippen LogP contribution < -0.4 is 15.6 Å². The molecule has 0 aliphatic heterocycles. The number of hydrogen-bond acceptors (Lipinski definition) is 4. The van der Waals surface area contributed by atoms with Crippen molar-refractivity contribution in [3.63, 3.8) is 0 Å². The number of aromatic nitrogens is 2. The molecule has 0 spiro atoms. The summed E-state index contributed by atoms with van der Waals surface area (Å²) >= 11 is 0. The molecule has 25 heavy (non-hydrogen) atoms. The predicted molar refractivity (Wildman–Crippen MR) is 94.9 cm³/mol. The van der Waals surface area contributed by atoms with Crippen molar-refractivity contribution >= 4 is 5.91 Å². The van der Waals surface area contributed by atoms with E-state index in [1.165, 1.54) is 6.07 Å². The summed E-state index contributed by atoms with van der Waals surface area (Å²) in [7, 11) is 0. The van der Waals surface area contributed by atoms with E-state index >= 15 is 0 Å². The summed E-state index contributed by atoms with van der Waals surface area (Å²) in [5, 5.41) is 3.03. The SMILES string of the molecule is Cc1cc(C(=O)NC2CCC(Oc3cccnc3C)CC2)cc(=O)[nH]1. The highest BCUT2D eigenvalue weighted by molar-refractivity contribution is 5.94. The van der Waals surface area contributed by atoms with E-state index in [4.69, 9.17) is 4.74 Å². The minimum atomic E-state index is -0.255. The van der Waals surface area contributed by atoms with E-state index < -0.39 is 0 Å². The molecular formula is C19H23N3O3. The summed E-state index contributed by atoms with van der Waals surface area (Å²) in [6.45, 7) is 3.70. The number of aromatic amines is 1. The lowest BCUT2D eigenvalue weighted by molar-refractivity contribution is 0.0893. The van der Waals surface area contributed by atoms with Crippen LogP contribution in [0, 0.1) is 13.8 Å². The molecule has 1 aliphatic rings. The Morgan fingerprint density at radius 3 is 2.68 bits per heavy atom. The minimum absolute atomic E-state index is 0.113. The molecule has 1 fully saturated rings. The van der Waals surface area contributed by atoms with Crippen LogP contribution in [0.15, 0.2) is 35.3 Å². The first-order chi connectivity index (χ1) is 12.0. The van der Waals surface area contributed by atoms with Gasteiger partial charge >= 0.3 is 0 Å². The number of amides is 1. The second kappa shape index (κ2) is 7.51. The molecule has 0 saturated heterocycles. The second-order valence-corrected chi connectivity index (χ2v) is 6.57. The van der Waals surface area contributed by atoms with E-state index in [2.05, 4.69) is 15.3 Å². The fraction of sp³-hybridized carbons (Fsp3) is 0.421. The number of hydrogen-bond donors (Lipinski definition) is 2. The van der Waals surface area contributed by atoms with Gasteiger partial charge in [-0.25, -0.2) is 0 Å². The maximum atomic E-state index is 12.3. The lowest BCUT2D eigenvalue weighted by Crippen LogP contribution is -2.40. The molecule has 0 radical (unpaired) electrons. The zero-order valence-electron chi connectivity index (χ0n) is 14.5. The van der Waals surface area contributed by atoms with Crippen LogP contribution in [-0.4, -0.2) is 28.0 Å². The Labute approximate surface area is 146 Å². The predicted octanol–water partition coefficient (Wildman–Crippen LogP) is 2.51. The quantitative estimate of drug-likeness (QED) is 0.895. The summed E-state index contributed by atoms with van der Waals surface area (Å²) in [5.41, 5.74) is 1.73. The van der Waals surface area contributed by atoms with E-state index in [1.807, 2.05) is 19.1 Å². The Balaban J connectivity index is 1.53. The summed E-state index contributed by atoms with van der Waals surface area (Å²) in [4.78, 5) is 30.7. The third kappa shape index (κ3) is 4.47. The third-order valence-corrected chi connectivity index (χ3v) is 4.50. The summed E-state index contributed by atoms with van der Waals surface area (Å²) in [6, 6.07) is 6.95. The van der Waals surface area contributed by atoms with Crippen LogP contribution in [0.2, 0.25) is 0 Å². The Hall–Kier alpha value is -2.63. The van der Waals surface area contributed by atoms with Gasteiger partial charge in [-0.05, 0) is 57.7 Å². The number of pyridine rings is 2. The van der Waals surface area contributed by atoms with Gasteiger partial charge in [0.05, 0.1) is 11.8 Å². The second-order valence-electron chi connectivity index (χ2n) is 6.57. The van der Waals surface area contributed by atoms with Crippen LogP contribution in [0.5, 0.6) is 5.75 Å². The average molecular weight is 341 g/mol. The van der Waals surface area contributed by atoms with Gasteiger partial charge in [-0.1, -0.05) is 0 Å². The van der Waals surface area contributed by atoms with Gasteiger partial charge in [0.2, 0.25) is 5.56 Å². The van der Waals surface area contributed by atoms with E-state index in [0.29, 0.717) is 11.3 Å². The van der Waals surface area contributed by atoms with Crippen LogP contribution >= 0.6 is 0 Å². The highest BCUT2D eigenvalue weighted by atomic mass is 16.5.